The third-order valence-electron chi connectivity index (χ3n) is 3.79. The lowest BCUT2D eigenvalue weighted by molar-refractivity contribution is -0.114. The Kier molecular flexibility index (Phi) is 4.70. The first-order valence-corrected chi connectivity index (χ1v) is 8.04. The zero-order chi connectivity index (χ0) is 17.8. The summed E-state index contributed by atoms with van der Waals surface area (Å²) in [7, 11) is 0. The minimum Gasteiger partial charge on any atom is -0.494 e. The van der Waals surface area contributed by atoms with E-state index in [-0.39, 0.29) is 5.91 Å². The maximum Gasteiger partial charge on any atom is 0.282 e. The van der Waals surface area contributed by atoms with Gasteiger partial charge in [0, 0.05) is 6.20 Å². The van der Waals surface area contributed by atoms with Gasteiger partial charge in [-0.25, -0.2) is 0 Å². The van der Waals surface area contributed by atoms with Crippen molar-refractivity contribution in [2.24, 2.45) is 5.10 Å². The summed E-state index contributed by atoms with van der Waals surface area (Å²) in [5, 5.41) is 8.81. The molecule has 2 aromatic carbocycles. The first kappa shape index (κ1) is 16.6. The fraction of sp³-hybridized carbons (Fsp3) is 0.158. The molecule has 0 radical (unpaired) electrons. The Morgan fingerprint density at radius 3 is 2.60 bits per heavy atom. The molecule has 0 fully saturated rings. The average molecular weight is 336 g/mol. The Balaban J connectivity index is 1.79. The predicted octanol–water partition coefficient (Wildman–Crippen LogP) is 3.39. The zero-order valence-corrected chi connectivity index (χ0v) is 14.2. The number of nitrogens with two attached hydrogens (primary N) is 1. The van der Waals surface area contributed by atoms with Crippen molar-refractivity contribution >= 4 is 28.7 Å². The van der Waals surface area contributed by atoms with Crippen molar-refractivity contribution < 1.29 is 9.53 Å². The summed E-state index contributed by atoms with van der Waals surface area (Å²) < 4.78 is 5.42. The number of rotatable bonds is 5. The van der Waals surface area contributed by atoms with E-state index < -0.39 is 0 Å². The summed E-state index contributed by atoms with van der Waals surface area (Å²) in [5.41, 5.74) is 9.09. The lowest BCUT2D eigenvalue weighted by Gasteiger charge is -2.12. The van der Waals surface area contributed by atoms with E-state index in [9.17, 15) is 4.79 Å². The van der Waals surface area contributed by atoms with Gasteiger partial charge < -0.3 is 15.8 Å². The van der Waals surface area contributed by atoms with Crippen LogP contribution in [0, 0.1) is 0 Å². The molecular formula is C19H20N4O2. The first-order valence-electron chi connectivity index (χ1n) is 8.04. The highest BCUT2D eigenvalue weighted by Gasteiger charge is 2.28. The number of anilines is 3. The maximum atomic E-state index is 12.7. The average Bonchev–Trinajstić information content (AvgIpc) is 2.90. The van der Waals surface area contributed by atoms with Crippen LogP contribution in [0.3, 0.4) is 0 Å². The number of ether oxygens (including phenoxy) is 1. The highest BCUT2D eigenvalue weighted by Crippen LogP contribution is 2.26. The van der Waals surface area contributed by atoms with Crippen molar-refractivity contribution in [1.29, 1.82) is 0 Å². The second-order valence-electron chi connectivity index (χ2n) is 5.52. The van der Waals surface area contributed by atoms with Crippen molar-refractivity contribution in [3.8, 4) is 5.75 Å². The lowest BCUT2D eigenvalue weighted by atomic mass is 10.2. The van der Waals surface area contributed by atoms with E-state index >= 15 is 0 Å². The molecule has 1 aliphatic heterocycles. The van der Waals surface area contributed by atoms with Crippen molar-refractivity contribution in [1.82, 2.24) is 0 Å². The first-order chi connectivity index (χ1) is 12.1. The van der Waals surface area contributed by atoms with Crippen LogP contribution in [0.15, 0.2) is 65.4 Å². The molecule has 25 heavy (non-hydrogen) atoms. The maximum absolute atomic E-state index is 12.7. The Labute approximate surface area is 146 Å². The number of amides is 1. The number of hydrazone groups is 1. The second-order valence-corrected chi connectivity index (χ2v) is 5.52. The van der Waals surface area contributed by atoms with Gasteiger partial charge in [0.2, 0.25) is 0 Å². The van der Waals surface area contributed by atoms with E-state index in [1.807, 2.05) is 49.4 Å². The van der Waals surface area contributed by atoms with Crippen LogP contribution in [-0.4, -0.2) is 18.2 Å². The quantitative estimate of drug-likeness (QED) is 0.648. The molecule has 0 saturated heterocycles. The van der Waals surface area contributed by atoms with Gasteiger partial charge in [0.05, 0.1) is 35.0 Å². The Morgan fingerprint density at radius 1 is 1.20 bits per heavy atom. The van der Waals surface area contributed by atoms with E-state index in [4.69, 9.17) is 10.5 Å². The van der Waals surface area contributed by atoms with Crippen LogP contribution >= 0.6 is 0 Å². The number of nitrogen functional groups attached to an aromatic ring is 1. The van der Waals surface area contributed by atoms with E-state index in [2.05, 4.69) is 10.4 Å². The molecule has 0 aromatic heterocycles. The van der Waals surface area contributed by atoms with E-state index in [1.54, 1.807) is 19.2 Å². The molecule has 6 heteroatoms. The van der Waals surface area contributed by atoms with Gasteiger partial charge in [-0.05, 0) is 50.2 Å². The van der Waals surface area contributed by atoms with Gasteiger partial charge in [0.15, 0.2) is 0 Å². The molecule has 0 saturated carbocycles. The van der Waals surface area contributed by atoms with Crippen molar-refractivity contribution in [3.05, 3.63) is 60.3 Å². The molecular weight excluding hydrogens is 316 g/mol. The van der Waals surface area contributed by atoms with Crippen molar-refractivity contribution in [2.45, 2.75) is 13.8 Å². The van der Waals surface area contributed by atoms with Crippen LogP contribution in [-0.2, 0) is 4.79 Å². The predicted molar refractivity (Wildman–Crippen MR) is 101 cm³/mol. The largest absolute Gasteiger partial charge is 0.494 e. The van der Waals surface area contributed by atoms with Crippen LogP contribution in [0.1, 0.15) is 13.8 Å². The molecule has 6 nitrogen and oxygen atoms in total. The molecule has 3 rings (SSSR count). The third kappa shape index (κ3) is 3.47. The molecule has 0 atom stereocenters. The highest BCUT2D eigenvalue weighted by molar-refractivity contribution is 6.29. The molecule has 0 aliphatic carbocycles. The molecule has 1 aliphatic rings. The standard InChI is InChI=1S/C19H20N4O2/c1-3-25-15-10-8-14(9-11-15)23-19(24)16(13(2)22-23)12-21-18-7-5-4-6-17(18)20/h4-12,21H,3,20H2,1-2H3. The lowest BCUT2D eigenvalue weighted by Crippen LogP contribution is -2.21. The Bertz CT molecular complexity index is 841. The number of para-hydroxylation sites is 2. The van der Waals surface area contributed by atoms with Gasteiger partial charge >= 0.3 is 0 Å². The Morgan fingerprint density at radius 2 is 1.92 bits per heavy atom. The van der Waals surface area contributed by atoms with Gasteiger partial charge in [-0.2, -0.15) is 10.1 Å². The van der Waals surface area contributed by atoms with Gasteiger partial charge in [0.1, 0.15) is 5.75 Å². The van der Waals surface area contributed by atoms with Gasteiger partial charge in [-0.1, -0.05) is 12.1 Å². The van der Waals surface area contributed by atoms with Crippen LogP contribution in [0.2, 0.25) is 0 Å². The summed E-state index contributed by atoms with van der Waals surface area (Å²) in [5.74, 6) is 0.569. The summed E-state index contributed by atoms with van der Waals surface area (Å²) in [6.07, 6.45) is 1.64. The normalized spacial score (nSPS) is 15.4. The fourth-order valence-electron chi connectivity index (χ4n) is 2.49. The van der Waals surface area contributed by atoms with Gasteiger partial charge in [0.25, 0.3) is 5.91 Å². The molecule has 128 valence electrons. The van der Waals surface area contributed by atoms with Gasteiger partial charge in [-0.3, -0.25) is 4.79 Å². The number of carbonyl (C=O) groups is 1. The molecule has 0 unspecified atom stereocenters. The number of nitrogens with one attached hydrogen (secondary N) is 1. The zero-order valence-electron chi connectivity index (χ0n) is 14.2. The van der Waals surface area contributed by atoms with Crippen LogP contribution in [0.5, 0.6) is 5.75 Å². The second kappa shape index (κ2) is 7.09. The number of nitrogens with zero attached hydrogens (tertiary/aromatic N) is 2. The van der Waals surface area contributed by atoms with Crippen LogP contribution in [0.25, 0.3) is 0 Å². The van der Waals surface area contributed by atoms with E-state index in [0.717, 1.165) is 11.4 Å². The summed E-state index contributed by atoms with van der Waals surface area (Å²) in [6.45, 7) is 4.32. The fourth-order valence-corrected chi connectivity index (χ4v) is 2.49. The van der Waals surface area contributed by atoms with Gasteiger partial charge in [-0.15, -0.1) is 0 Å². The minimum absolute atomic E-state index is 0.191. The number of carbonyl (C=O) groups excluding carboxylic acids is 1. The molecule has 1 heterocycles. The van der Waals surface area contributed by atoms with Crippen molar-refractivity contribution in [3.63, 3.8) is 0 Å². The topological polar surface area (TPSA) is 79.9 Å². The molecule has 1 amide bonds. The molecule has 0 bridgehead atoms. The van der Waals surface area contributed by atoms with E-state index in [1.165, 1.54) is 5.01 Å². The summed E-state index contributed by atoms with van der Waals surface area (Å²) in [4.78, 5) is 12.7. The monoisotopic (exact) mass is 336 g/mol. The molecule has 0 spiro atoms. The number of hydrogen-bond donors (Lipinski definition) is 2. The van der Waals surface area contributed by atoms with E-state index in [0.29, 0.717) is 29.3 Å². The van der Waals surface area contributed by atoms with Crippen LogP contribution < -0.4 is 20.8 Å². The summed E-state index contributed by atoms with van der Waals surface area (Å²) >= 11 is 0. The SMILES string of the molecule is CCOc1ccc(N2N=C(C)C(=CNc3ccccc3N)C2=O)cc1. The minimum atomic E-state index is -0.191. The number of hydrogen-bond acceptors (Lipinski definition) is 5. The third-order valence-corrected chi connectivity index (χ3v) is 3.79. The molecule has 3 N–H and O–H groups in total. The Hall–Kier alpha value is -3.28. The summed E-state index contributed by atoms with van der Waals surface area (Å²) in [6, 6.07) is 14.6. The molecule has 2 aromatic rings. The van der Waals surface area contributed by atoms with Crippen LogP contribution in [0.4, 0.5) is 17.1 Å². The van der Waals surface area contributed by atoms with Crippen molar-refractivity contribution in [2.75, 3.05) is 22.7 Å². The number of benzene rings is 2. The smallest absolute Gasteiger partial charge is 0.282 e. The highest BCUT2D eigenvalue weighted by atomic mass is 16.5.